The number of aryl methyl sites for hydroxylation is 1. The summed E-state index contributed by atoms with van der Waals surface area (Å²) in [7, 11) is 1.73. The van der Waals surface area contributed by atoms with Crippen molar-refractivity contribution in [2.24, 2.45) is 7.05 Å². The number of amides is 3. The number of carbonyl (C=O) groups excluding carboxylic acids is 2. The van der Waals surface area contributed by atoms with Crippen molar-refractivity contribution in [1.82, 2.24) is 25.2 Å². The van der Waals surface area contributed by atoms with Gasteiger partial charge in [-0.3, -0.25) is 4.79 Å². The van der Waals surface area contributed by atoms with Gasteiger partial charge in [0.1, 0.15) is 11.0 Å². The number of aromatic nitrogens is 3. The van der Waals surface area contributed by atoms with Gasteiger partial charge in [-0.25, -0.2) is 4.79 Å². The maximum Gasteiger partial charge on any atom is 0.319 e. The molecular formula is C15H20N6O3. The molecule has 0 radical (unpaired) electrons. The van der Waals surface area contributed by atoms with E-state index < -0.39 is 0 Å². The summed E-state index contributed by atoms with van der Waals surface area (Å²) in [5.41, 5.74) is 1.93. The molecule has 1 aliphatic rings. The van der Waals surface area contributed by atoms with E-state index in [4.69, 9.17) is 4.74 Å². The molecule has 3 amide bonds. The lowest BCUT2D eigenvalue weighted by atomic mass is 10.2. The van der Waals surface area contributed by atoms with E-state index in [0.717, 1.165) is 0 Å². The molecule has 1 aromatic heterocycles. The minimum atomic E-state index is -0.350. The van der Waals surface area contributed by atoms with Gasteiger partial charge in [-0.1, -0.05) is 6.07 Å². The number of ether oxygens (including phenoxy) is 1. The van der Waals surface area contributed by atoms with E-state index in [1.54, 1.807) is 18.0 Å². The van der Waals surface area contributed by atoms with Gasteiger partial charge >= 0.3 is 6.03 Å². The average Bonchev–Trinajstić information content (AvgIpc) is 2.94. The molecule has 24 heavy (non-hydrogen) atoms. The summed E-state index contributed by atoms with van der Waals surface area (Å²) in [6, 6.07) is 5.06. The van der Waals surface area contributed by atoms with Crippen LogP contribution in [0.2, 0.25) is 0 Å². The first kappa shape index (κ1) is 16.2. The zero-order chi connectivity index (χ0) is 17.1. The molecule has 0 bridgehead atoms. The lowest BCUT2D eigenvalue weighted by Crippen LogP contribution is -2.49. The number of hydrogen-bond donors (Lipinski definition) is 2. The number of carbonyl (C=O) groups is 2. The van der Waals surface area contributed by atoms with E-state index in [9.17, 15) is 9.59 Å². The van der Waals surface area contributed by atoms with E-state index in [2.05, 4.69) is 20.8 Å². The molecular weight excluding hydrogens is 312 g/mol. The van der Waals surface area contributed by atoms with Gasteiger partial charge in [-0.05, 0) is 12.1 Å². The zero-order valence-electron chi connectivity index (χ0n) is 13.7. The first-order valence-corrected chi connectivity index (χ1v) is 7.75. The third-order valence-corrected chi connectivity index (χ3v) is 3.83. The van der Waals surface area contributed by atoms with E-state index >= 15 is 0 Å². The lowest BCUT2D eigenvalue weighted by molar-refractivity contribution is -0.136. The Kier molecular flexibility index (Phi) is 4.61. The highest BCUT2D eigenvalue weighted by atomic mass is 16.5. The summed E-state index contributed by atoms with van der Waals surface area (Å²) in [6.07, 6.45) is -0.208. The van der Waals surface area contributed by atoms with Gasteiger partial charge < -0.3 is 20.3 Å². The van der Waals surface area contributed by atoms with Crippen LogP contribution in [-0.4, -0.2) is 64.2 Å². The van der Waals surface area contributed by atoms with Crippen LogP contribution in [0.15, 0.2) is 18.2 Å². The second kappa shape index (κ2) is 6.83. The van der Waals surface area contributed by atoms with Crippen molar-refractivity contribution in [2.75, 3.05) is 31.6 Å². The quantitative estimate of drug-likeness (QED) is 0.844. The van der Waals surface area contributed by atoms with Gasteiger partial charge in [0, 0.05) is 33.6 Å². The minimum absolute atomic E-state index is 0.0158. The molecule has 9 nitrogen and oxygen atoms in total. The molecule has 0 saturated carbocycles. The number of urea groups is 1. The minimum Gasteiger partial charge on any atom is -0.373 e. The van der Waals surface area contributed by atoms with Crippen molar-refractivity contribution >= 4 is 28.7 Å². The molecule has 3 rings (SSSR count). The highest BCUT2D eigenvalue weighted by Crippen LogP contribution is 2.19. The predicted molar refractivity (Wildman–Crippen MR) is 87.5 cm³/mol. The van der Waals surface area contributed by atoms with Crippen LogP contribution in [0.25, 0.3) is 11.0 Å². The number of anilines is 1. The van der Waals surface area contributed by atoms with E-state index in [1.165, 1.54) is 11.7 Å². The SMILES string of the molecule is CC(=O)N1CCO[C@H](CNC(=O)Nc2cccc3nn(C)nc23)C1. The fourth-order valence-electron chi connectivity index (χ4n) is 2.64. The summed E-state index contributed by atoms with van der Waals surface area (Å²) in [4.78, 5) is 26.7. The molecule has 1 saturated heterocycles. The largest absolute Gasteiger partial charge is 0.373 e. The van der Waals surface area contributed by atoms with Crippen LogP contribution >= 0.6 is 0 Å². The molecule has 0 spiro atoms. The predicted octanol–water partition coefficient (Wildman–Crippen LogP) is 0.337. The monoisotopic (exact) mass is 332 g/mol. The second-order valence-corrected chi connectivity index (χ2v) is 5.66. The van der Waals surface area contributed by atoms with Gasteiger partial charge in [-0.15, -0.1) is 0 Å². The summed E-state index contributed by atoms with van der Waals surface area (Å²) in [5, 5.41) is 14.0. The van der Waals surface area contributed by atoms with Crippen LogP contribution < -0.4 is 10.6 Å². The molecule has 1 atom stereocenters. The molecule has 2 aromatic rings. The summed E-state index contributed by atoms with van der Waals surface area (Å²) < 4.78 is 5.57. The topological polar surface area (TPSA) is 101 Å². The van der Waals surface area contributed by atoms with Crippen molar-refractivity contribution < 1.29 is 14.3 Å². The molecule has 2 N–H and O–H groups in total. The third-order valence-electron chi connectivity index (χ3n) is 3.83. The highest BCUT2D eigenvalue weighted by Gasteiger charge is 2.22. The van der Waals surface area contributed by atoms with Gasteiger partial charge in [-0.2, -0.15) is 15.0 Å². The second-order valence-electron chi connectivity index (χ2n) is 5.66. The summed E-state index contributed by atoms with van der Waals surface area (Å²) >= 11 is 0. The first-order chi connectivity index (χ1) is 11.5. The number of nitrogens with one attached hydrogen (secondary N) is 2. The molecule has 1 fully saturated rings. The van der Waals surface area contributed by atoms with Crippen LogP contribution in [0.3, 0.4) is 0 Å². The zero-order valence-corrected chi connectivity index (χ0v) is 13.7. The van der Waals surface area contributed by atoms with Gasteiger partial charge in [0.25, 0.3) is 0 Å². The Bertz CT molecular complexity index is 759. The third kappa shape index (κ3) is 3.62. The smallest absolute Gasteiger partial charge is 0.319 e. The Morgan fingerprint density at radius 3 is 3.00 bits per heavy atom. The number of hydrogen-bond acceptors (Lipinski definition) is 5. The molecule has 2 heterocycles. The van der Waals surface area contributed by atoms with Gasteiger partial charge in [0.05, 0.1) is 18.4 Å². The van der Waals surface area contributed by atoms with Crippen LogP contribution in [0, 0.1) is 0 Å². The van der Waals surface area contributed by atoms with Crippen molar-refractivity contribution in [2.45, 2.75) is 13.0 Å². The van der Waals surface area contributed by atoms with Crippen molar-refractivity contribution in [3.8, 4) is 0 Å². The number of rotatable bonds is 3. The average molecular weight is 332 g/mol. The van der Waals surface area contributed by atoms with E-state index in [-0.39, 0.29) is 18.0 Å². The Labute approximate surface area is 138 Å². The molecule has 128 valence electrons. The number of morpholine rings is 1. The van der Waals surface area contributed by atoms with E-state index in [1.807, 2.05) is 12.1 Å². The van der Waals surface area contributed by atoms with E-state index in [0.29, 0.717) is 43.0 Å². The van der Waals surface area contributed by atoms with Crippen molar-refractivity contribution in [1.29, 1.82) is 0 Å². The summed E-state index contributed by atoms with van der Waals surface area (Å²) in [5.74, 6) is 0.0158. The van der Waals surface area contributed by atoms with Gasteiger partial charge in [0.2, 0.25) is 5.91 Å². The first-order valence-electron chi connectivity index (χ1n) is 7.75. The van der Waals surface area contributed by atoms with Crippen LogP contribution in [0.5, 0.6) is 0 Å². The Morgan fingerprint density at radius 1 is 1.38 bits per heavy atom. The highest BCUT2D eigenvalue weighted by molar-refractivity contribution is 5.98. The van der Waals surface area contributed by atoms with Crippen LogP contribution in [0.1, 0.15) is 6.92 Å². The number of fused-ring (bicyclic) bond motifs is 1. The molecule has 0 unspecified atom stereocenters. The van der Waals surface area contributed by atoms with Gasteiger partial charge in [0.15, 0.2) is 0 Å². The molecule has 1 aromatic carbocycles. The summed E-state index contributed by atoms with van der Waals surface area (Å²) in [6.45, 7) is 3.41. The molecule has 9 heteroatoms. The standard InChI is InChI=1S/C15H20N6O3/c1-10(22)21-6-7-24-11(9-21)8-16-15(23)17-12-4-3-5-13-14(12)19-20(2)18-13/h3-5,11H,6-9H2,1-2H3,(H2,16,17,23)/t11-/m1/s1. The fourth-order valence-corrected chi connectivity index (χ4v) is 2.64. The van der Waals surface area contributed by atoms with Crippen molar-refractivity contribution in [3.63, 3.8) is 0 Å². The van der Waals surface area contributed by atoms with Crippen LogP contribution in [0.4, 0.5) is 10.5 Å². The van der Waals surface area contributed by atoms with Crippen LogP contribution in [-0.2, 0) is 16.6 Å². The molecule has 0 aliphatic carbocycles. The Hall–Kier alpha value is -2.68. The Balaban J connectivity index is 1.56. The number of nitrogens with zero attached hydrogens (tertiary/aromatic N) is 4. The maximum absolute atomic E-state index is 12.1. The normalized spacial score (nSPS) is 17.8. The maximum atomic E-state index is 12.1. The molecule has 1 aliphatic heterocycles. The lowest BCUT2D eigenvalue weighted by Gasteiger charge is -2.32. The van der Waals surface area contributed by atoms with Crippen molar-refractivity contribution in [3.05, 3.63) is 18.2 Å². The fraction of sp³-hybridized carbons (Fsp3) is 0.467. The number of benzene rings is 1. The Morgan fingerprint density at radius 2 is 2.21 bits per heavy atom.